The molecule has 0 bridgehead atoms. The molecule has 1 N–H and O–H groups in total. The Hall–Kier alpha value is -3.15. The number of ketones is 1. The highest BCUT2D eigenvalue weighted by molar-refractivity contribution is 6.53. The van der Waals surface area contributed by atoms with Gasteiger partial charge >= 0.3 is 12.2 Å². The number of carbonyl (C=O) groups excluding carboxylic acids is 4. The van der Waals surface area contributed by atoms with E-state index in [4.69, 9.17) is 67.5 Å². The molecule has 0 saturated heterocycles. The molecule has 1 saturated carbocycles. The number of amides is 3. The van der Waals surface area contributed by atoms with Crippen molar-refractivity contribution in [3.8, 4) is 0 Å². The lowest BCUT2D eigenvalue weighted by Crippen LogP contribution is -2.44. The summed E-state index contributed by atoms with van der Waals surface area (Å²) >= 11 is 31.3. The van der Waals surface area contributed by atoms with Gasteiger partial charge in [0.05, 0.1) is 26.7 Å². The van der Waals surface area contributed by atoms with Crippen LogP contribution in [0, 0.1) is 17.6 Å². The molecule has 8 nitrogen and oxygen atoms in total. The number of ether oxygens (including phenoxy) is 2. The van der Waals surface area contributed by atoms with Crippen molar-refractivity contribution in [1.29, 1.82) is 0 Å². The molecule has 3 aromatic rings. The number of imide groups is 1. The van der Waals surface area contributed by atoms with Gasteiger partial charge in [-0.15, -0.1) is 23.2 Å². The topological polar surface area (TPSA) is 102 Å². The predicted octanol–water partition coefficient (Wildman–Crippen LogP) is 10.6. The molecule has 0 unspecified atom stereocenters. The van der Waals surface area contributed by atoms with Crippen LogP contribution in [0.3, 0.4) is 0 Å². The van der Waals surface area contributed by atoms with Gasteiger partial charge in [-0.25, -0.2) is 18.4 Å². The van der Waals surface area contributed by atoms with Crippen LogP contribution in [0.2, 0.25) is 15.1 Å². The van der Waals surface area contributed by atoms with Crippen molar-refractivity contribution in [3.05, 3.63) is 91.9 Å². The fourth-order valence-electron chi connectivity index (χ4n) is 4.85. The van der Waals surface area contributed by atoms with E-state index in [2.05, 4.69) is 5.32 Å². The molecule has 2 atom stereocenters. The standard InChI is InChI=1S/C34H31Cl5F2N2O6/c1-32(2,3)48-30(46)43(31(47)49-33(4,5)6)25-12-17(23(40)15-24(25)41)13-26(44)19-14-18(8-10-20(19)35)42-29(45)28-27(34(28,38)39)16-7-9-21(36)22(37)11-16/h7-12,14-15,27-28H,13H2,1-6H3,(H,42,45)/t27-,28+/m0/s1. The van der Waals surface area contributed by atoms with Gasteiger partial charge in [0.2, 0.25) is 5.91 Å². The van der Waals surface area contributed by atoms with E-state index in [1.807, 2.05) is 0 Å². The Morgan fingerprint density at radius 1 is 0.796 bits per heavy atom. The van der Waals surface area contributed by atoms with E-state index in [1.54, 1.807) is 18.2 Å². The third-order valence-electron chi connectivity index (χ3n) is 7.03. The van der Waals surface area contributed by atoms with Crippen molar-refractivity contribution < 1.29 is 37.4 Å². The zero-order valence-electron chi connectivity index (χ0n) is 27.0. The molecular weight excluding hydrogens is 748 g/mol. The van der Waals surface area contributed by atoms with Crippen molar-refractivity contribution in [2.75, 3.05) is 10.2 Å². The monoisotopic (exact) mass is 776 g/mol. The van der Waals surface area contributed by atoms with Gasteiger partial charge in [0.15, 0.2) is 11.6 Å². The van der Waals surface area contributed by atoms with E-state index in [1.165, 1.54) is 59.7 Å². The number of Topliss-reactive ketones (excluding diaryl/α,β-unsaturated/α-hetero) is 1. The Labute approximate surface area is 306 Å². The molecular formula is C34H31Cl5F2N2O6. The number of halogens is 7. The number of benzene rings is 3. The molecule has 49 heavy (non-hydrogen) atoms. The Morgan fingerprint density at radius 2 is 1.37 bits per heavy atom. The van der Waals surface area contributed by atoms with Crippen LogP contribution in [-0.4, -0.2) is 39.4 Å². The fraction of sp³-hybridized carbons (Fsp3) is 0.353. The first-order valence-corrected chi connectivity index (χ1v) is 16.6. The van der Waals surface area contributed by atoms with Crippen LogP contribution >= 0.6 is 58.0 Å². The number of hydrogen-bond acceptors (Lipinski definition) is 6. The Bertz CT molecular complexity index is 1810. The quantitative estimate of drug-likeness (QED) is 0.189. The number of carbonyl (C=O) groups is 4. The average Bonchev–Trinajstić information content (AvgIpc) is 3.53. The molecule has 0 heterocycles. The molecule has 4 rings (SSSR count). The third kappa shape index (κ3) is 9.15. The summed E-state index contributed by atoms with van der Waals surface area (Å²) < 4.78 is 39.4. The highest BCUT2D eigenvalue weighted by Gasteiger charge is 2.67. The van der Waals surface area contributed by atoms with Gasteiger partial charge in [-0.2, -0.15) is 4.90 Å². The zero-order chi connectivity index (χ0) is 36.8. The van der Waals surface area contributed by atoms with Crippen LogP contribution in [-0.2, 0) is 20.7 Å². The zero-order valence-corrected chi connectivity index (χ0v) is 30.8. The highest BCUT2D eigenvalue weighted by atomic mass is 35.5. The molecule has 1 aliphatic rings. The molecule has 3 amide bonds. The third-order valence-corrected chi connectivity index (χ3v) is 9.04. The van der Waals surface area contributed by atoms with Gasteiger partial charge in [0.25, 0.3) is 0 Å². The number of hydrogen-bond donors (Lipinski definition) is 1. The Kier molecular flexibility index (Phi) is 11.2. The van der Waals surface area contributed by atoms with Crippen molar-refractivity contribution in [2.24, 2.45) is 5.92 Å². The van der Waals surface area contributed by atoms with Gasteiger partial charge in [-0.05, 0) is 89.1 Å². The largest absolute Gasteiger partial charge is 0.443 e. The van der Waals surface area contributed by atoms with Crippen LogP contribution in [0.5, 0.6) is 0 Å². The summed E-state index contributed by atoms with van der Waals surface area (Å²) in [6.45, 7) is 9.19. The molecule has 3 aromatic carbocycles. The molecule has 0 aliphatic heterocycles. The van der Waals surface area contributed by atoms with Crippen molar-refractivity contribution in [1.82, 2.24) is 0 Å². The van der Waals surface area contributed by atoms with Crippen LogP contribution in [0.4, 0.5) is 29.7 Å². The smallest absolute Gasteiger partial charge is 0.424 e. The normalized spacial score (nSPS) is 16.8. The fourth-order valence-corrected chi connectivity index (χ4v) is 6.21. The Morgan fingerprint density at radius 3 is 1.92 bits per heavy atom. The number of nitrogens with one attached hydrogen (secondary N) is 1. The lowest BCUT2D eigenvalue weighted by Gasteiger charge is -2.29. The summed E-state index contributed by atoms with van der Waals surface area (Å²) in [6, 6.07) is 10.1. The first-order chi connectivity index (χ1) is 22.5. The minimum Gasteiger partial charge on any atom is -0.443 e. The molecule has 0 radical (unpaired) electrons. The predicted molar refractivity (Wildman–Crippen MR) is 187 cm³/mol. The SMILES string of the molecule is CC(C)(C)OC(=O)N(C(=O)OC(C)(C)C)c1cc(CC(=O)c2cc(NC(=O)[C@H]3[C@H](c4ccc(Cl)c(Cl)c4)C3(Cl)Cl)ccc2Cl)c(F)cc1F. The number of nitrogens with zero attached hydrogens (tertiary/aromatic N) is 1. The highest BCUT2D eigenvalue weighted by Crippen LogP contribution is 2.65. The summed E-state index contributed by atoms with van der Waals surface area (Å²) in [7, 11) is 0. The summed E-state index contributed by atoms with van der Waals surface area (Å²) in [6.07, 6.45) is -3.25. The van der Waals surface area contributed by atoms with E-state index in [-0.39, 0.29) is 26.9 Å². The van der Waals surface area contributed by atoms with Gasteiger partial charge < -0.3 is 14.8 Å². The number of anilines is 2. The average molecular weight is 779 g/mol. The van der Waals surface area contributed by atoms with E-state index < -0.39 is 75.0 Å². The van der Waals surface area contributed by atoms with Crippen LogP contribution in [0.25, 0.3) is 0 Å². The van der Waals surface area contributed by atoms with Gasteiger partial charge in [0.1, 0.15) is 21.4 Å². The summed E-state index contributed by atoms with van der Waals surface area (Å²) in [5.41, 5.74) is -2.62. The number of alkyl halides is 2. The minimum absolute atomic E-state index is 0.0287. The van der Waals surface area contributed by atoms with Crippen LogP contribution < -0.4 is 10.2 Å². The molecule has 1 aliphatic carbocycles. The first kappa shape index (κ1) is 38.6. The van der Waals surface area contributed by atoms with Crippen molar-refractivity contribution in [3.63, 3.8) is 0 Å². The maximum atomic E-state index is 15.2. The van der Waals surface area contributed by atoms with Crippen molar-refractivity contribution in [2.45, 2.75) is 69.4 Å². The molecule has 15 heteroatoms. The Balaban J connectivity index is 1.59. The van der Waals surface area contributed by atoms with Crippen LogP contribution in [0.15, 0.2) is 48.5 Å². The summed E-state index contributed by atoms with van der Waals surface area (Å²) in [4.78, 5) is 53.1. The first-order valence-electron chi connectivity index (χ1n) is 14.7. The number of rotatable bonds is 7. The lowest BCUT2D eigenvalue weighted by molar-refractivity contribution is -0.117. The van der Waals surface area contributed by atoms with Gasteiger partial charge in [-0.3, -0.25) is 9.59 Å². The molecule has 0 spiro atoms. The lowest BCUT2D eigenvalue weighted by atomic mass is 10.0. The second-order valence-corrected chi connectivity index (χ2v) is 15.9. The minimum atomic E-state index is -1.45. The second-order valence-electron chi connectivity index (χ2n) is 13.3. The molecule has 0 aromatic heterocycles. The summed E-state index contributed by atoms with van der Waals surface area (Å²) in [5.74, 6) is -5.19. The van der Waals surface area contributed by atoms with Crippen LogP contribution in [0.1, 0.15) is 68.9 Å². The maximum Gasteiger partial charge on any atom is 0.424 e. The van der Waals surface area contributed by atoms with E-state index in [0.29, 0.717) is 21.6 Å². The molecule has 262 valence electrons. The maximum absolute atomic E-state index is 15.2. The van der Waals surface area contributed by atoms with E-state index in [9.17, 15) is 19.2 Å². The summed E-state index contributed by atoms with van der Waals surface area (Å²) in [5, 5.41) is 3.22. The van der Waals surface area contributed by atoms with E-state index in [0.717, 1.165) is 6.07 Å². The second kappa shape index (κ2) is 14.2. The van der Waals surface area contributed by atoms with Gasteiger partial charge in [0, 0.05) is 29.7 Å². The molecule has 1 fully saturated rings. The van der Waals surface area contributed by atoms with E-state index >= 15 is 8.78 Å². The van der Waals surface area contributed by atoms with Gasteiger partial charge in [-0.1, -0.05) is 40.9 Å². The van der Waals surface area contributed by atoms with Crippen molar-refractivity contribution >= 4 is 93.3 Å².